The molecule has 0 saturated carbocycles. The van der Waals surface area contributed by atoms with Crippen molar-refractivity contribution in [3.63, 3.8) is 0 Å². The molecule has 2 heterocycles. The Kier molecular flexibility index (Phi) is 5.60. The number of piperidine rings is 1. The molecule has 1 fully saturated rings. The molecule has 0 unspecified atom stereocenters. The number of methoxy groups -OCH3 is 1. The van der Waals surface area contributed by atoms with Gasteiger partial charge in [0.25, 0.3) is 0 Å². The molecule has 5 heteroatoms. The van der Waals surface area contributed by atoms with Gasteiger partial charge in [0.05, 0.1) is 10.4 Å². The summed E-state index contributed by atoms with van der Waals surface area (Å²) < 4.78 is 6.26. The van der Waals surface area contributed by atoms with E-state index in [2.05, 4.69) is 15.9 Å². The van der Waals surface area contributed by atoms with E-state index < -0.39 is 0 Å². The lowest BCUT2D eigenvalue weighted by Gasteiger charge is -2.31. The fourth-order valence-corrected chi connectivity index (χ4v) is 3.46. The number of carbonyl (C=O) groups is 1. The number of ether oxygens (including phenoxy) is 1. The van der Waals surface area contributed by atoms with Crippen molar-refractivity contribution in [2.24, 2.45) is 5.92 Å². The Morgan fingerprint density at radius 2 is 2.53 bits per heavy atom. The van der Waals surface area contributed by atoms with E-state index in [-0.39, 0.29) is 5.91 Å². The molecule has 2 rings (SSSR count). The highest BCUT2D eigenvalue weighted by Gasteiger charge is 2.22. The van der Waals surface area contributed by atoms with E-state index in [0.717, 1.165) is 41.9 Å². The van der Waals surface area contributed by atoms with Crippen LogP contribution in [0.2, 0.25) is 0 Å². The third-order valence-electron chi connectivity index (χ3n) is 3.24. The van der Waals surface area contributed by atoms with Crippen LogP contribution in [0.5, 0.6) is 0 Å². The van der Waals surface area contributed by atoms with E-state index in [1.807, 2.05) is 22.4 Å². The predicted molar refractivity (Wildman–Crippen MR) is 82.2 cm³/mol. The molecule has 0 bridgehead atoms. The highest BCUT2D eigenvalue weighted by atomic mass is 79.9. The molecule has 1 saturated heterocycles. The minimum Gasteiger partial charge on any atom is -0.384 e. The van der Waals surface area contributed by atoms with E-state index in [1.54, 1.807) is 24.5 Å². The summed E-state index contributed by atoms with van der Waals surface area (Å²) in [6, 6.07) is 2.01. The number of hydrogen-bond donors (Lipinski definition) is 0. The Morgan fingerprint density at radius 3 is 3.21 bits per heavy atom. The van der Waals surface area contributed by atoms with Crippen molar-refractivity contribution >= 4 is 39.2 Å². The van der Waals surface area contributed by atoms with Gasteiger partial charge in [-0.3, -0.25) is 4.79 Å². The van der Waals surface area contributed by atoms with Crippen LogP contribution in [-0.4, -0.2) is 37.6 Å². The van der Waals surface area contributed by atoms with Gasteiger partial charge in [0.1, 0.15) is 0 Å². The molecule has 0 aliphatic carbocycles. The Balaban J connectivity index is 1.90. The van der Waals surface area contributed by atoms with Gasteiger partial charge in [-0.2, -0.15) is 0 Å². The molecule has 104 valence electrons. The SMILES string of the molecule is COC[C@H]1CCCN(C(=O)/C=C/c2csc(Br)c2)C1. The lowest BCUT2D eigenvalue weighted by molar-refractivity contribution is -0.128. The molecule has 1 aliphatic rings. The fourth-order valence-electron chi connectivity index (χ4n) is 2.32. The fraction of sp³-hybridized carbons (Fsp3) is 0.500. The second-order valence-electron chi connectivity index (χ2n) is 4.77. The minimum atomic E-state index is 0.100. The molecule has 0 spiro atoms. The molecular weight excluding hydrogens is 326 g/mol. The molecule has 1 amide bonds. The monoisotopic (exact) mass is 343 g/mol. The van der Waals surface area contributed by atoms with E-state index in [0.29, 0.717) is 5.92 Å². The maximum Gasteiger partial charge on any atom is 0.246 e. The summed E-state index contributed by atoms with van der Waals surface area (Å²) in [7, 11) is 1.72. The van der Waals surface area contributed by atoms with Crippen molar-refractivity contribution in [2.45, 2.75) is 12.8 Å². The normalized spacial score (nSPS) is 20.1. The van der Waals surface area contributed by atoms with Crippen LogP contribution < -0.4 is 0 Å². The van der Waals surface area contributed by atoms with Gasteiger partial charge in [-0.1, -0.05) is 0 Å². The zero-order chi connectivity index (χ0) is 13.7. The average molecular weight is 344 g/mol. The first kappa shape index (κ1) is 14.8. The van der Waals surface area contributed by atoms with Gasteiger partial charge in [0.15, 0.2) is 0 Å². The lowest BCUT2D eigenvalue weighted by Crippen LogP contribution is -2.40. The summed E-state index contributed by atoms with van der Waals surface area (Å²) >= 11 is 5.04. The van der Waals surface area contributed by atoms with Crippen LogP contribution in [0.15, 0.2) is 21.3 Å². The topological polar surface area (TPSA) is 29.5 Å². The largest absolute Gasteiger partial charge is 0.384 e. The first-order valence-corrected chi connectivity index (χ1v) is 8.06. The van der Waals surface area contributed by atoms with Gasteiger partial charge < -0.3 is 9.64 Å². The Hall–Kier alpha value is -0.650. The molecular formula is C14H18BrNO2S. The molecule has 0 aromatic carbocycles. The van der Waals surface area contributed by atoms with Gasteiger partial charge >= 0.3 is 0 Å². The van der Waals surface area contributed by atoms with Crippen LogP contribution in [0, 0.1) is 5.92 Å². The van der Waals surface area contributed by atoms with Crippen molar-refractivity contribution in [1.29, 1.82) is 0 Å². The molecule has 1 aromatic rings. The zero-order valence-electron chi connectivity index (χ0n) is 11.0. The molecule has 1 aliphatic heterocycles. The lowest BCUT2D eigenvalue weighted by atomic mass is 9.99. The number of hydrogen-bond acceptors (Lipinski definition) is 3. The highest BCUT2D eigenvalue weighted by Crippen LogP contribution is 2.22. The maximum atomic E-state index is 12.1. The summed E-state index contributed by atoms with van der Waals surface area (Å²) in [5, 5.41) is 2.03. The quantitative estimate of drug-likeness (QED) is 0.784. The van der Waals surface area contributed by atoms with Crippen LogP contribution in [0.4, 0.5) is 0 Å². The molecule has 1 atom stereocenters. The number of amides is 1. The van der Waals surface area contributed by atoms with Crippen LogP contribution in [0.3, 0.4) is 0 Å². The molecule has 1 aromatic heterocycles. The van der Waals surface area contributed by atoms with E-state index in [1.165, 1.54) is 0 Å². The number of thiophene rings is 1. The van der Waals surface area contributed by atoms with Crippen LogP contribution in [0.1, 0.15) is 18.4 Å². The summed E-state index contributed by atoms with van der Waals surface area (Å²) in [5.41, 5.74) is 1.07. The van der Waals surface area contributed by atoms with Gasteiger partial charge in [-0.05, 0) is 57.8 Å². The van der Waals surface area contributed by atoms with Gasteiger partial charge in [-0.25, -0.2) is 0 Å². The van der Waals surface area contributed by atoms with Crippen LogP contribution in [-0.2, 0) is 9.53 Å². The summed E-state index contributed by atoms with van der Waals surface area (Å²) in [4.78, 5) is 14.0. The maximum absolute atomic E-state index is 12.1. The van der Waals surface area contributed by atoms with Gasteiger partial charge in [0.2, 0.25) is 5.91 Å². The van der Waals surface area contributed by atoms with Crippen molar-refractivity contribution in [3.8, 4) is 0 Å². The third-order valence-corrected chi connectivity index (χ3v) is 4.76. The molecule has 19 heavy (non-hydrogen) atoms. The standard InChI is InChI=1S/C14H18BrNO2S/c1-18-9-12-3-2-6-16(8-12)14(17)5-4-11-7-13(15)19-10-11/h4-5,7,10,12H,2-3,6,8-9H2,1H3/b5-4+/t12-/m0/s1. The first-order valence-electron chi connectivity index (χ1n) is 6.39. The summed E-state index contributed by atoms with van der Waals surface area (Å²) in [6.45, 7) is 2.41. The third kappa shape index (κ3) is 4.44. The number of halogens is 1. The zero-order valence-corrected chi connectivity index (χ0v) is 13.4. The Labute approximate surface area is 126 Å². The minimum absolute atomic E-state index is 0.100. The molecule has 3 nitrogen and oxygen atoms in total. The number of likely N-dealkylation sites (tertiary alicyclic amines) is 1. The second kappa shape index (κ2) is 7.22. The van der Waals surface area contributed by atoms with Crippen LogP contribution >= 0.6 is 27.3 Å². The average Bonchev–Trinajstić information content (AvgIpc) is 2.82. The first-order chi connectivity index (χ1) is 9.19. The van der Waals surface area contributed by atoms with Crippen molar-refractivity contribution in [3.05, 3.63) is 26.9 Å². The van der Waals surface area contributed by atoms with Crippen molar-refractivity contribution in [2.75, 3.05) is 26.8 Å². The predicted octanol–water partition coefficient (Wildman–Crippen LogP) is 3.41. The van der Waals surface area contributed by atoms with E-state index in [4.69, 9.17) is 4.74 Å². The summed E-state index contributed by atoms with van der Waals surface area (Å²) in [6.07, 6.45) is 5.77. The number of rotatable bonds is 4. The molecule has 0 N–H and O–H groups in total. The number of nitrogens with zero attached hydrogens (tertiary/aromatic N) is 1. The van der Waals surface area contributed by atoms with Gasteiger partial charge in [0, 0.05) is 26.3 Å². The van der Waals surface area contributed by atoms with E-state index in [9.17, 15) is 4.79 Å². The number of carbonyl (C=O) groups excluding carboxylic acids is 1. The molecule has 0 radical (unpaired) electrons. The smallest absolute Gasteiger partial charge is 0.246 e. The highest BCUT2D eigenvalue weighted by molar-refractivity contribution is 9.11. The second-order valence-corrected chi connectivity index (χ2v) is 7.06. The van der Waals surface area contributed by atoms with Gasteiger partial charge in [-0.15, -0.1) is 11.3 Å². The summed E-state index contributed by atoms with van der Waals surface area (Å²) in [5.74, 6) is 0.578. The Morgan fingerprint density at radius 1 is 1.68 bits per heavy atom. The van der Waals surface area contributed by atoms with Crippen molar-refractivity contribution < 1.29 is 9.53 Å². The van der Waals surface area contributed by atoms with Crippen molar-refractivity contribution in [1.82, 2.24) is 4.90 Å². The Bertz CT molecular complexity index is 456. The van der Waals surface area contributed by atoms with E-state index >= 15 is 0 Å². The van der Waals surface area contributed by atoms with Crippen LogP contribution in [0.25, 0.3) is 6.08 Å².